The maximum Gasteiger partial charge on any atom is 0.224 e. The third-order valence-corrected chi connectivity index (χ3v) is 2.74. The fraction of sp³-hybridized carbons (Fsp3) is 0.900. The normalized spacial score (nSPS) is 26.4. The molecule has 0 spiro atoms. The maximum absolute atomic E-state index is 11.6. The van der Waals surface area contributed by atoms with Crippen LogP contribution in [0.15, 0.2) is 0 Å². The molecule has 0 saturated carbocycles. The molecule has 1 amide bonds. The van der Waals surface area contributed by atoms with Crippen LogP contribution in [0.3, 0.4) is 0 Å². The van der Waals surface area contributed by atoms with Crippen LogP contribution in [0, 0.1) is 11.8 Å². The molecule has 2 atom stereocenters. The van der Waals surface area contributed by atoms with Crippen molar-refractivity contribution >= 4 is 5.91 Å². The number of carbonyl (C=O) groups excluding carboxylic acids is 1. The zero-order valence-corrected chi connectivity index (χ0v) is 8.75. The molecule has 4 heteroatoms. The Morgan fingerprint density at radius 1 is 1.50 bits per heavy atom. The van der Waals surface area contributed by atoms with Crippen LogP contribution in [0.25, 0.3) is 0 Å². The molecule has 0 bridgehead atoms. The van der Waals surface area contributed by atoms with Crippen molar-refractivity contribution in [1.29, 1.82) is 0 Å². The number of hydrogen-bond acceptors (Lipinski definition) is 3. The van der Waals surface area contributed by atoms with E-state index in [1.807, 2.05) is 0 Å². The first-order valence-corrected chi connectivity index (χ1v) is 5.35. The van der Waals surface area contributed by atoms with Gasteiger partial charge in [-0.25, -0.2) is 0 Å². The van der Waals surface area contributed by atoms with Crippen LogP contribution >= 0.6 is 0 Å². The molecule has 0 aromatic carbocycles. The van der Waals surface area contributed by atoms with Gasteiger partial charge in [0.2, 0.25) is 5.91 Å². The topological polar surface area (TPSA) is 61.4 Å². The third kappa shape index (κ3) is 3.27. The summed E-state index contributed by atoms with van der Waals surface area (Å²) in [7, 11) is 0. The van der Waals surface area contributed by atoms with Gasteiger partial charge in [-0.1, -0.05) is 6.92 Å². The number of rotatable bonds is 5. The van der Waals surface area contributed by atoms with Crippen molar-refractivity contribution in [1.82, 2.24) is 10.6 Å². The molecule has 0 aromatic heterocycles. The average molecular weight is 200 g/mol. The average Bonchev–Trinajstić information content (AvgIpc) is 2.59. The van der Waals surface area contributed by atoms with Crippen LogP contribution in [0.4, 0.5) is 0 Å². The van der Waals surface area contributed by atoms with E-state index in [1.54, 1.807) is 0 Å². The molecule has 4 nitrogen and oxygen atoms in total. The summed E-state index contributed by atoms with van der Waals surface area (Å²) in [6, 6.07) is 0. The summed E-state index contributed by atoms with van der Waals surface area (Å²) in [5.41, 5.74) is 0. The van der Waals surface area contributed by atoms with E-state index in [2.05, 4.69) is 17.6 Å². The SMILES string of the molecule is CC1CNCC1C(=O)NCCCCO. The van der Waals surface area contributed by atoms with Gasteiger partial charge in [0.25, 0.3) is 0 Å². The van der Waals surface area contributed by atoms with Gasteiger partial charge in [0.05, 0.1) is 5.92 Å². The maximum atomic E-state index is 11.6. The largest absolute Gasteiger partial charge is 0.396 e. The number of nitrogens with one attached hydrogen (secondary N) is 2. The molecule has 14 heavy (non-hydrogen) atoms. The van der Waals surface area contributed by atoms with Gasteiger partial charge in [-0.2, -0.15) is 0 Å². The zero-order chi connectivity index (χ0) is 10.4. The van der Waals surface area contributed by atoms with Gasteiger partial charge < -0.3 is 15.7 Å². The second-order valence-electron chi connectivity index (χ2n) is 3.96. The van der Waals surface area contributed by atoms with Gasteiger partial charge in [0.1, 0.15) is 0 Å². The summed E-state index contributed by atoms with van der Waals surface area (Å²) < 4.78 is 0. The Bertz CT molecular complexity index is 185. The standard InChI is InChI=1S/C10H20N2O2/c1-8-6-11-7-9(8)10(14)12-4-2-3-5-13/h8-9,11,13H,2-7H2,1H3,(H,12,14). The van der Waals surface area contributed by atoms with Crippen molar-refractivity contribution in [2.24, 2.45) is 11.8 Å². The zero-order valence-electron chi connectivity index (χ0n) is 8.75. The van der Waals surface area contributed by atoms with Crippen LogP contribution < -0.4 is 10.6 Å². The Hall–Kier alpha value is -0.610. The number of hydrogen-bond donors (Lipinski definition) is 3. The number of aliphatic hydroxyl groups excluding tert-OH is 1. The second kappa shape index (κ2) is 5.98. The van der Waals surface area contributed by atoms with E-state index in [1.165, 1.54) is 0 Å². The van der Waals surface area contributed by atoms with Gasteiger partial charge in [-0.15, -0.1) is 0 Å². The summed E-state index contributed by atoms with van der Waals surface area (Å²) in [6.07, 6.45) is 1.62. The van der Waals surface area contributed by atoms with Crippen molar-refractivity contribution in [2.75, 3.05) is 26.2 Å². The highest BCUT2D eigenvalue weighted by Crippen LogP contribution is 2.15. The van der Waals surface area contributed by atoms with E-state index in [4.69, 9.17) is 5.11 Å². The van der Waals surface area contributed by atoms with E-state index in [0.29, 0.717) is 12.5 Å². The molecule has 0 radical (unpaired) electrons. The van der Waals surface area contributed by atoms with Gasteiger partial charge >= 0.3 is 0 Å². The number of unbranched alkanes of at least 4 members (excludes halogenated alkanes) is 1. The van der Waals surface area contributed by atoms with Crippen molar-refractivity contribution in [3.8, 4) is 0 Å². The highest BCUT2D eigenvalue weighted by Gasteiger charge is 2.28. The predicted molar refractivity (Wildman–Crippen MR) is 54.9 cm³/mol. The first kappa shape index (κ1) is 11.5. The van der Waals surface area contributed by atoms with Gasteiger partial charge in [0, 0.05) is 19.7 Å². The minimum atomic E-state index is 0.129. The molecule has 3 N–H and O–H groups in total. The van der Waals surface area contributed by atoms with Crippen molar-refractivity contribution < 1.29 is 9.90 Å². The van der Waals surface area contributed by atoms with Crippen molar-refractivity contribution in [2.45, 2.75) is 19.8 Å². The lowest BCUT2D eigenvalue weighted by molar-refractivity contribution is -0.125. The molecule has 1 heterocycles. The van der Waals surface area contributed by atoms with Crippen LogP contribution in [-0.2, 0) is 4.79 Å². The molecule has 1 aliphatic heterocycles. The quantitative estimate of drug-likeness (QED) is 0.535. The Kier molecular flexibility index (Phi) is 4.90. The van der Waals surface area contributed by atoms with E-state index in [-0.39, 0.29) is 18.4 Å². The molecule has 2 unspecified atom stereocenters. The van der Waals surface area contributed by atoms with Gasteiger partial charge in [-0.3, -0.25) is 4.79 Å². The molecule has 0 aliphatic carbocycles. The van der Waals surface area contributed by atoms with Crippen molar-refractivity contribution in [3.05, 3.63) is 0 Å². The monoisotopic (exact) mass is 200 g/mol. The fourth-order valence-corrected chi connectivity index (χ4v) is 1.74. The fourth-order valence-electron chi connectivity index (χ4n) is 1.74. The van der Waals surface area contributed by atoms with E-state index >= 15 is 0 Å². The van der Waals surface area contributed by atoms with E-state index in [0.717, 1.165) is 25.9 Å². The van der Waals surface area contributed by atoms with Crippen LogP contribution in [0.5, 0.6) is 0 Å². The number of amides is 1. The first-order valence-electron chi connectivity index (χ1n) is 5.35. The molecular weight excluding hydrogens is 180 g/mol. The summed E-state index contributed by atoms with van der Waals surface area (Å²) in [5.74, 6) is 0.720. The summed E-state index contributed by atoms with van der Waals surface area (Å²) in [5, 5.41) is 14.7. The minimum absolute atomic E-state index is 0.129. The lowest BCUT2D eigenvalue weighted by Crippen LogP contribution is -2.34. The van der Waals surface area contributed by atoms with Crippen LogP contribution in [0.2, 0.25) is 0 Å². The molecule has 1 fully saturated rings. The van der Waals surface area contributed by atoms with Gasteiger partial charge in [-0.05, 0) is 25.3 Å². The Balaban J connectivity index is 2.14. The predicted octanol–water partition coefficient (Wildman–Crippen LogP) is -0.269. The molecule has 82 valence electrons. The Labute approximate surface area is 85.1 Å². The minimum Gasteiger partial charge on any atom is -0.396 e. The second-order valence-corrected chi connectivity index (χ2v) is 3.96. The lowest BCUT2D eigenvalue weighted by atomic mass is 9.97. The van der Waals surface area contributed by atoms with Crippen molar-refractivity contribution in [3.63, 3.8) is 0 Å². The summed E-state index contributed by atoms with van der Waals surface area (Å²) in [4.78, 5) is 11.6. The summed E-state index contributed by atoms with van der Waals surface area (Å²) in [6.45, 7) is 4.72. The summed E-state index contributed by atoms with van der Waals surface area (Å²) >= 11 is 0. The lowest BCUT2D eigenvalue weighted by Gasteiger charge is -2.13. The number of aliphatic hydroxyl groups is 1. The molecule has 1 saturated heterocycles. The highest BCUT2D eigenvalue weighted by molar-refractivity contribution is 5.79. The number of carbonyl (C=O) groups is 1. The third-order valence-electron chi connectivity index (χ3n) is 2.74. The van der Waals surface area contributed by atoms with E-state index < -0.39 is 0 Å². The Morgan fingerprint density at radius 2 is 2.29 bits per heavy atom. The molecular formula is C10H20N2O2. The first-order chi connectivity index (χ1) is 6.75. The van der Waals surface area contributed by atoms with Gasteiger partial charge in [0.15, 0.2) is 0 Å². The van der Waals surface area contributed by atoms with E-state index in [9.17, 15) is 4.79 Å². The molecule has 1 aliphatic rings. The molecule has 1 rings (SSSR count). The van der Waals surface area contributed by atoms with Crippen LogP contribution in [-0.4, -0.2) is 37.3 Å². The highest BCUT2D eigenvalue weighted by atomic mass is 16.2. The van der Waals surface area contributed by atoms with Crippen LogP contribution in [0.1, 0.15) is 19.8 Å². The Morgan fingerprint density at radius 3 is 2.86 bits per heavy atom. The smallest absolute Gasteiger partial charge is 0.224 e. The molecule has 0 aromatic rings.